The molecule has 2 aliphatic rings. The van der Waals surface area contributed by atoms with E-state index in [1.807, 2.05) is 0 Å². The molecule has 2 fully saturated rings. The van der Waals surface area contributed by atoms with Gasteiger partial charge in [0, 0.05) is 11.5 Å². The zero-order valence-electron chi connectivity index (χ0n) is 12.9. The van der Waals surface area contributed by atoms with Crippen molar-refractivity contribution in [3.8, 4) is 0 Å². The van der Waals surface area contributed by atoms with Crippen LogP contribution in [0.15, 0.2) is 30.3 Å². The summed E-state index contributed by atoms with van der Waals surface area (Å²) in [5.41, 5.74) is 2.03. The van der Waals surface area contributed by atoms with Gasteiger partial charge in [0.2, 0.25) is 0 Å². The zero-order chi connectivity index (χ0) is 13.8. The van der Waals surface area contributed by atoms with Crippen LogP contribution in [-0.2, 0) is 5.41 Å². The van der Waals surface area contributed by atoms with Gasteiger partial charge in [-0.2, -0.15) is 0 Å². The normalized spacial score (nSPS) is 24.1. The van der Waals surface area contributed by atoms with Crippen LogP contribution < -0.4 is 5.32 Å². The van der Waals surface area contributed by atoms with Gasteiger partial charge in [0.25, 0.3) is 0 Å². The third-order valence-electron chi connectivity index (χ3n) is 5.53. The molecule has 1 unspecified atom stereocenters. The maximum absolute atomic E-state index is 3.88. The highest BCUT2D eigenvalue weighted by atomic mass is 15.0. The van der Waals surface area contributed by atoms with Crippen LogP contribution in [0, 0.1) is 5.92 Å². The monoisotopic (exact) mass is 271 g/mol. The number of nitrogens with one attached hydrogen (secondary N) is 1. The summed E-state index contributed by atoms with van der Waals surface area (Å²) in [4.78, 5) is 0. The Kier molecular flexibility index (Phi) is 4.45. The molecule has 20 heavy (non-hydrogen) atoms. The predicted octanol–water partition coefficient (Wildman–Crippen LogP) is 4.67. The third-order valence-corrected chi connectivity index (χ3v) is 5.53. The van der Waals surface area contributed by atoms with Crippen molar-refractivity contribution in [2.45, 2.75) is 69.7 Å². The quantitative estimate of drug-likeness (QED) is 0.768. The molecule has 0 aromatic heterocycles. The van der Waals surface area contributed by atoms with Crippen LogP contribution in [0.2, 0.25) is 0 Å². The van der Waals surface area contributed by atoms with E-state index in [0.717, 1.165) is 12.5 Å². The zero-order valence-corrected chi connectivity index (χ0v) is 12.9. The van der Waals surface area contributed by atoms with Gasteiger partial charge in [-0.15, -0.1) is 0 Å². The van der Waals surface area contributed by atoms with Gasteiger partial charge in [-0.25, -0.2) is 0 Å². The SMILES string of the molecule is CCNC(C1CCCCCC1)C1(c2ccccc2)CC1. The molecule has 0 heterocycles. The highest BCUT2D eigenvalue weighted by Crippen LogP contribution is 2.54. The molecule has 0 radical (unpaired) electrons. The minimum atomic E-state index is 0.451. The molecule has 1 N–H and O–H groups in total. The average molecular weight is 271 g/mol. The van der Waals surface area contributed by atoms with Crippen LogP contribution in [0.3, 0.4) is 0 Å². The largest absolute Gasteiger partial charge is 0.313 e. The van der Waals surface area contributed by atoms with Crippen LogP contribution in [-0.4, -0.2) is 12.6 Å². The number of likely N-dealkylation sites (N-methyl/N-ethyl adjacent to an activating group) is 1. The molecular formula is C19H29N. The average Bonchev–Trinajstić information content (AvgIpc) is 3.31. The van der Waals surface area contributed by atoms with Crippen LogP contribution in [0.1, 0.15) is 63.9 Å². The highest BCUT2D eigenvalue weighted by molar-refractivity contribution is 5.34. The molecule has 1 aromatic rings. The van der Waals surface area contributed by atoms with Crippen LogP contribution >= 0.6 is 0 Å². The fraction of sp³-hybridized carbons (Fsp3) is 0.684. The van der Waals surface area contributed by atoms with E-state index in [9.17, 15) is 0 Å². The number of hydrogen-bond acceptors (Lipinski definition) is 1. The third kappa shape index (κ3) is 2.79. The lowest BCUT2D eigenvalue weighted by molar-refractivity contribution is 0.270. The molecule has 0 spiro atoms. The Morgan fingerprint density at radius 3 is 2.25 bits per heavy atom. The minimum absolute atomic E-state index is 0.451. The van der Waals surface area contributed by atoms with E-state index < -0.39 is 0 Å². The van der Waals surface area contributed by atoms with E-state index >= 15 is 0 Å². The van der Waals surface area contributed by atoms with Gasteiger partial charge in [-0.05, 0) is 43.7 Å². The Bertz CT molecular complexity index is 399. The van der Waals surface area contributed by atoms with E-state index in [0.29, 0.717) is 11.5 Å². The topological polar surface area (TPSA) is 12.0 Å². The summed E-state index contributed by atoms with van der Waals surface area (Å²) in [6, 6.07) is 12.0. The van der Waals surface area contributed by atoms with E-state index in [1.165, 1.54) is 51.4 Å². The summed E-state index contributed by atoms with van der Waals surface area (Å²) < 4.78 is 0. The molecular weight excluding hydrogens is 242 g/mol. The van der Waals surface area contributed by atoms with Gasteiger partial charge < -0.3 is 5.32 Å². The van der Waals surface area contributed by atoms with Gasteiger partial charge in [0.15, 0.2) is 0 Å². The van der Waals surface area contributed by atoms with Crippen molar-refractivity contribution in [2.24, 2.45) is 5.92 Å². The van der Waals surface area contributed by atoms with Gasteiger partial charge in [-0.3, -0.25) is 0 Å². The van der Waals surface area contributed by atoms with Crippen molar-refractivity contribution < 1.29 is 0 Å². The predicted molar refractivity (Wildman–Crippen MR) is 86.0 cm³/mol. The number of rotatable bonds is 5. The molecule has 0 bridgehead atoms. The van der Waals surface area contributed by atoms with E-state index in [-0.39, 0.29) is 0 Å². The van der Waals surface area contributed by atoms with Crippen molar-refractivity contribution in [3.63, 3.8) is 0 Å². The van der Waals surface area contributed by atoms with E-state index in [2.05, 4.69) is 42.6 Å². The lowest BCUT2D eigenvalue weighted by Gasteiger charge is -2.35. The van der Waals surface area contributed by atoms with Crippen molar-refractivity contribution in [1.29, 1.82) is 0 Å². The summed E-state index contributed by atoms with van der Waals surface area (Å²) in [6.45, 7) is 3.38. The van der Waals surface area contributed by atoms with E-state index in [4.69, 9.17) is 0 Å². The first-order valence-electron chi connectivity index (χ1n) is 8.66. The Labute approximate surface area is 124 Å². The molecule has 110 valence electrons. The molecule has 3 rings (SSSR count). The molecule has 1 aromatic carbocycles. The van der Waals surface area contributed by atoms with Crippen LogP contribution in [0.25, 0.3) is 0 Å². The fourth-order valence-corrected chi connectivity index (χ4v) is 4.36. The van der Waals surface area contributed by atoms with E-state index in [1.54, 1.807) is 5.56 Å². The van der Waals surface area contributed by atoms with Gasteiger partial charge in [-0.1, -0.05) is 62.9 Å². The molecule has 1 atom stereocenters. The smallest absolute Gasteiger partial charge is 0.0192 e. The fourth-order valence-electron chi connectivity index (χ4n) is 4.36. The number of benzene rings is 1. The van der Waals surface area contributed by atoms with Crippen molar-refractivity contribution in [2.75, 3.05) is 6.54 Å². The maximum Gasteiger partial charge on any atom is 0.0192 e. The van der Waals surface area contributed by atoms with Gasteiger partial charge >= 0.3 is 0 Å². The standard InChI is InChI=1S/C19H29N/c1-2-20-18(16-10-6-3-4-7-11-16)19(14-15-19)17-12-8-5-9-13-17/h5,8-9,12-13,16,18,20H,2-4,6-7,10-11,14-15H2,1H3. The van der Waals surface area contributed by atoms with Crippen molar-refractivity contribution >= 4 is 0 Å². The van der Waals surface area contributed by atoms with Crippen LogP contribution in [0.5, 0.6) is 0 Å². The highest BCUT2D eigenvalue weighted by Gasteiger charge is 2.52. The van der Waals surface area contributed by atoms with Crippen molar-refractivity contribution in [1.82, 2.24) is 5.32 Å². The molecule has 1 nitrogen and oxygen atoms in total. The molecule has 1 heteroatoms. The molecule has 0 amide bonds. The second-order valence-electron chi connectivity index (χ2n) is 6.81. The first-order chi connectivity index (χ1) is 9.87. The second kappa shape index (κ2) is 6.30. The van der Waals surface area contributed by atoms with Gasteiger partial charge in [0.05, 0.1) is 0 Å². The van der Waals surface area contributed by atoms with Crippen LogP contribution in [0.4, 0.5) is 0 Å². The Morgan fingerprint density at radius 1 is 1.05 bits per heavy atom. The molecule has 0 aliphatic heterocycles. The summed E-state index contributed by atoms with van der Waals surface area (Å²) >= 11 is 0. The van der Waals surface area contributed by atoms with Crippen molar-refractivity contribution in [3.05, 3.63) is 35.9 Å². The Morgan fingerprint density at radius 2 is 1.70 bits per heavy atom. The summed E-state index contributed by atoms with van der Waals surface area (Å²) in [7, 11) is 0. The second-order valence-corrected chi connectivity index (χ2v) is 6.81. The molecule has 2 saturated carbocycles. The maximum atomic E-state index is 3.88. The Balaban J connectivity index is 1.82. The summed E-state index contributed by atoms with van der Waals surface area (Å²) in [6.07, 6.45) is 11.4. The summed E-state index contributed by atoms with van der Waals surface area (Å²) in [5.74, 6) is 0.889. The minimum Gasteiger partial charge on any atom is -0.313 e. The molecule has 2 aliphatic carbocycles. The first-order valence-corrected chi connectivity index (χ1v) is 8.66. The summed E-state index contributed by atoms with van der Waals surface area (Å²) in [5, 5.41) is 3.88. The first kappa shape index (κ1) is 14.1. The Hall–Kier alpha value is -0.820. The lowest BCUT2D eigenvalue weighted by atomic mass is 9.77. The molecule has 0 saturated heterocycles. The lowest BCUT2D eigenvalue weighted by Crippen LogP contribution is -2.45. The number of hydrogen-bond donors (Lipinski definition) is 1. The van der Waals surface area contributed by atoms with Gasteiger partial charge in [0.1, 0.15) is 0 Å².